The number of aromatic nitrogens is 1. The topological polar surface area (TPSA) is 79.4 Å². The number of imide groups is 1. The molecule has 0 fully saturated rings. The number of halogens is 1. The highest BCUT2D eigenvalue weighted by atomic mass is 32.1. The maximum absolute atomic E-state index is 13.1. The number of carbonyl (C=O) groups excluding carboxylic acids is 3. The zero-order valence-electron chi connectivity index (χ0n) is 17.4. The first kappa shape index (κ1) is 21.0. The second-order valence-electron chi connectivity index (χ2n) is 7.67. The van der Waals surface area contributed by atoms with Gasteiger partial charge in [-0.25, -0.2) is 9.37 Å². The summed E-state index contributed by atoms with van der Waals surface area (Å²) in [5.74, 6) is -1.26. The number of anilines is 1. The molecule has 0 aliphatic carbocycles. The first-order chi connectivity index (χ1) is 16.0. The first-order valence-electron chi connectivity index (χ1n) is 10.4. The largest absolute Gasteiger partial charge is 0.302 e. The number of hydrogen-bond donors (Lipinski definition) is 1. The average Bonchev–Trinajstić information content (AvgIpc) is 3.28. The molecule has 0 bridgehead atoms. The molecule has 6 nitrogen and oxygen atoms in total. The van der Waals surface area contributed by atoms with Gasteiger partial charge in [0, 0.05) is 40.4 Å². The molecular formula is C25H18FN3O3S. The van der Waals surface area contributed by atoms with Crippen LogP contribution in [0.25, 0.3) is 22.0 Å². The fourth-order valence-corrected chi connectivity index (χ4v) is 4.68. The van der Waals surface area contributed by atoms with E-state index in [1.807, 2.05) is 12.1 Å². The molecule has 1 aromatic heterocycles. The summed E-state index contributed by atoms with van der Waals surface area (Å²) >= 11 is 1.27. The molecule has 0 saturated carbocycles. The monoisotopic (exact) mass is 459 g/mol. The maximum atomic E-state index is 13.1. The van der Waals surface area contributed by atoms with Crippen molar-refractivity contribution >= 4 is 45.0 Å². The van der Waals surface area contributed by atoms with Crippen molar-refractivity contribution in [3.05, 3.63) is 83.0 Å². The van der Waals surface area contributed by atoms with Gasteiger partial charge in [0.2, 0.25) is 5.91 Å². The molecule has 0 spiro atoms. The fourth-order valence-electron chi connectivity index (χ4n) is 3.95. The molecule has 3 amide bonds. The van der Waals surface area contributed by atoms with Crippen LogP contribution in [0.2, 0.25) is 0 Å². The van der Waals surface area contributed by atoms with Crippen molar-refractivity contribution < 1.29 is 18.8 Å². The predicted octanol–water partition coefficient (Wildman–Crippen LogP) is 5.12. The van der Waals surface area contributed by atoms with Gasteiger partial charge in [-0.1, -0.05) is 24.3 Å². The highest BCUT2D eigenvalue weighted by Gasteiger charge is 2.32. The Balaban J connectivity index is 1.21. The summed E-state index contributed by atoms with van der Waals surface area (Å²) in [6, 6.07) is 16.8. The molecule has 0 radical (unpaired) electrons. The molecule has 1 aliphatic rings. The fraction of sp³-hybridized carbons (Fsp3) is 0.120. The normalized spacial score (nSPS) is 12.9. The Hall–Kier alpha value is -3.91. The van der Waals surface area contributed by atoms with Crippen LogP contribution in [0.5, 0.6) is 0 Å². The Kier molecular flexibility index (Phi) is 5.43. The van der Waals surface area contributed by atoms with Crippen molar-refractivity contribution in [3.63, 3.8) is 0 Å². The van der Waals surface area contributed by atoms with Crippen molar-refractivity contribution in [1.29, 1.82) is 0 Å². The van der Waals surface area contributed by atoms with Crippen molar-refractivity contribution in [2.45, 2.75) is 12.8 Å². The van der Waals surface area contributed by atoms with Gasteiger partial charge in [-0.2, -0.15) is 0 Å². The van der Waals surface area contributed by atoms with E-state index >= 15 is 0 Å². The number of hydrogen-bond acceptors (Lipinski definition) is 5. The molecule has 2 heterocycles. The van der Waals surface area contributed by atoms with E-state index in [0.717, 1.165) is 10.9 Å². The Labute approximate surface area is 192 Å². The molecule has 5 rings (SSSR count). The first-order valence-corrected chi connectivity index (χ1v) is 11.3. The third-order valence-electron chi connectivity index (χ3n) is 5.53. The summed E-state index contributed by atoms with van der Waals surface area (Å²) in [6.45, 7) is 0.147. The molecule has 164 valence electrons. The summed E-state index contributed by atoms with van der Waals surface area (Å²) in [5.41, 5.74) is 2.41. The van der Waals surface area contributed by atoms with Crippen LogP contribution in [-0.2, 0) is 4.79 Å². The summed E-state index contributed by atoms with van der Waals surface area (Å²) in [7, 11) is 0. The Morgan fingerprint density at radius 2 is 1.64 bits per heavy atom. The van der Waals surface area contributed by atoms with Gasteiger partial charge in [-0.15, -0.1) is 11.3 Å². The number of benzene rings is 3. The van der Waals surface area contributed by atoms with E-state index in [2.05, 4.69) is 10.3 Å². The average molecular weight is 460 g/mol. The molecule has 8 heteroatoms. The van der Waals surface area contributed by atoms with Crippen molar-refractivity contribution in [2.75, 3.05) is 11.9 Å². The maximum Gasteiger partial charge on any atom is 0.261 e. The number of thiazole rings is 1. The third-order valence-corrected chi connectivity index (χ3v) is 6.29. The van der Waals surface area contributed by atoms with Gasteiger partial charge in [0.25, 0.3) is 11.8 Å². The molecule has 1 aliphatic heterocycles. The van der Waals surface area contributed by atoms with Gasteiger partial charge in [0.1, 0.15) is 5.82 Å². The van der Waals surface area contributed by atoms with Crippen LogP contribution >= 0.6 is 11.3 Å². The van der Waals surface area contributed by atoms with Crippen LogP contribution in [0.3, 0.4) is 0 Å². The summed E-state index contributed by atoms with van der Waals surface area (Å²) in [6.07, 6.45) is 0.464. The molecule has 0 atom stereocenters. The Morgan fingerprint density at radius 1 is 0.970 bits per heavy atom. The summed E-state index contributed by atoms with van der Waals surface area (Å²) in [5, 5.41) is 6.50. The lowest BCUT2D eigenvalue weighted by molar-refractivity contribution is -0.116. The number of nitrogens with one attached hydrogen (secondary N) is 1. The number of rotatable bonds is 6. The van der Waals surface area contributed by atoms with Crippen LogP contribution in [-0.4, -0.2) is 34.2 Å². The zero-order chi connectivity index (χ0) is 22.9. The van der Waals surface area contributed by atoms with Crippen LogP contribution < -0.4 is 5.32 Å². The van der Waals surface area contributed by atoms with E-state index in [1.165, 1.54) is 28.4 Å². The van der Waals surface area contributed by atoms with Crippen LogP contribution in [0.4, 0.5) is 9.52 Å². The van der Waals surface area contributed by atoms with Gasteiger partial charge in [-0.3, -0.25) is 19.3 Å². The minimum atomic E-state index is -0.339. The minimum Gasteiger partial charge on any atom is -0.302 e. The number of nitrogens with zero attached hydrogens (tertiary/aromatic N) is 2. The van der Waals surface area contributed by atoms with Crippen molar-refractivity contribution in [3.8, 4) is 11.3 Å². The van der Waals surface area contributed by atoms with Gasteiger partial charge in [-0.05, 0) is 48.2 Å². The summed E-state index contributed by atoms with van der Waals surface area (Å²) in [4.78, 5) is 43.8. The zero-order valence-corrected chi connectivity index (χ0v) is 18.2. The van der Waals surface area contributed by atoms with Crippen LogP contribution in [0, 0.1) is 5.82 Å². The molecular weight excluding hydrogens is 441 g/mol. The van der Waals surface area contributed by atoms with E-state index in [0.29, 0.717) is 33.8 Å². The molecule has 0 saturated heterocycles. The highest BCUT2D eigenvalue weighted by molar-refractivity contribution is 7.14. The molecule has 33 heavy (non-hydrogen) atoms. The predicted molar refractivity (Wildman–Crippen MR) is 125 cm³/mol. The molecule has 1 N–H and O–H groups in total. The lowest BCUT2D eigenvalue weighted by atomic mass is 9.94. The third kappa shape index (κ3) is 4.01. The van der Waals surface area contributed by atoms with E-state index in [1.54, 1.807) is 41.8 Å². The van der Waals surface area contributed by atoms with E-state index in [9.17, 15) is 18.8 Å². The number of amides is 3. The molecule has 3 aromatic carbocycles. The van der Waals surface area contributed by atoms with Gasteiger partial charge < -0.3 is 5.32 Å². The second kappa shape index (κ2) is 8.55. The molecule has 4 aromatic rings. The SMILES string of the molecule is O=C(CCCN1C(=O)c2cccc3cccc(c23)C1=O)Nc1nc(-c2ccc(F)cc2)cs1. The Morgan fingerprint density at radius 3 is 2.30 bits per heavy atom. The minimum absolute atomic E-state index is 0.133. The smallest absolute Gasteiger partial charge is 0.261 e. The van der Waals surface area contributed by atoms with Gasteiger partial charge in [0.05, 0.1) is 5.69 Å². The second-order valence-corrected chi connectivity index (χ2v) is 8.53. The molecule has 0 unspecified atom stereocenters. The lowest BCUT2D eigenvalue weighted by Crippen LogP contribution is -2.41. The van der Waals surface area contributed by atoms with Gasteiger partial charge in [0.15, 0.2) is 5.13 Å². The standard InChI is InChI=1S/C25H18FN3O3S/c26-17-11-9-15(10-12-17)20-14-33-25(27-20)28-21(30)8-3-13-29-23(31)18-6-1-4-16-5-2-7-19(22(16)18)24(29)32/h1-2,4-7,9-12,14H,3,8,13H2,(H,27,28,30). The van der Waals surface area contributed by atoms with E-state index in [4.69, 9.17) is 0 Å². The Bertz CT molecular complexity index is 1350. The highest BCUT2D eigenvalue weighted by Crippen LogP contribution is 2.30. The summed E-state index contributed by atoms with van der Waals surface area (Å²) < 4.78 is 13.1. The van der Waals surface area contributed by atoms with Crippen molar-refractivity contribution in [2.24, 2.45) is 0 Å². The van der Waals surface area contributed by atoms with E-state index in [-0.39, 0.29) is 36.5 Å². The van der Waals surface area contributed by atoms with E-state index < -0.39 is 0 Å². The van der Waals surface area contributed by atoms with Crippen LogP contribution in [0.1, 0.15) is 33.6 Å². The number of carbonyl (C=O) groups is 3. The quantitative estimate of drug-likeness (QED) is 0.406. The lowest BCUT2D eigenvalue weighted by Gasteiger charge is -2.27. The van der Waals surface area contributed by atoms with Crippen molar-refractivity contribution in [1.82, 2.24) is 9.88 Å². The van der Waals surface area contributed by atoms with Crippen LogP contribution in [0.15, 0.2) is 66.0 Å². The van der Waals surface area contributed by atoms with Gasteiger partial charge >= 0.3 is 0 Å².